The number of thiophene rings is 1. The second-order valence-corrected chi connectivity index (χ2v) is 11.4. The summed E-state index contributed by atoms with van der Waals surface area (Å²) in [6.45, 7) is 3.03. The maximum Gasteiger partial charge on any atom is 0.261 e. The molecule has 1 aromatic carbocycles. The van der Waals surface area contributed by atoms with Crippen LogP contribution in [0.2, 0.25) is 0 Å². The molecule has 0 saturated carbocycles. The van der Waals surface area contributed by atoms with E-state index in [4.69, 9.17) is 0 Å². The molecule has 0 aliphatic carbocycles. The molecule has 4 heterocycles. The van der Waals surface area contributed by atoms with Crippen LogP contribution in [-0.2, 0) is 4.79 Å². The first-order valence-electron chi connectivity index (χ1n) is 11.6. The number of benzene rings is 1. The molecular formula is C26H25BrN4O3S. The van der Waals surface area contributed by atoms with Gasteiger partial charge >= 0.3 is 0 Å². The summed E-state index contributed by atoms with van der Waals surface area (Å²) in [7, 11) is 0. The van der Waals surface area contributed by atoms with Gasteiger partial charge in [-0.3, -0.25) is 19.4 Å². The Hall–Kier alpha value is -3.04. The van der Waals surface area contributed by atoms with E-state index in [1.165, 1.54) is 11.3 Å². The Kier molecular flexibility index (Phi) is 6.71. The molecule has 2 fully saturated rings. The van der Waals surface area contributed by atoms with Crippen LogP contribution in [0.1, 0.15) is 56.5 Å². The number of likely N-dealkylation sites (tertiary alicyclic amines) is 1. The first-order valence-corrected chi connectivity index (χ1v) is 13.2. The minimum atomic E-state index is -0.261. The Morgan fingerprint density at radius 2 is 1.94 bits per heavy atom. The van der Waals surface area contributed by atoms with E-state index in [-0.39, 0.29) is 36.2 Å². The zero-order chi connectivity index (χ0) is 24.5. The minimum Gasteiger partial charge on any atom is -0.346 e. The van der Waals surface area contributed by atoms with Gasteiger partial charge in [0, 0.05) is 43.2 Å². The van der Waals surface area contributed by atoms with E-state index in [2.05, 4.69) is 26.2 Å². The fourth-order valence-corrected chi connectivity index (χ4v) is 6.19. The maximum atomic E-state index is 13.4. The van der Waals surface area contributed by atoms with Crippen molar-refractivity contribution in [3.05, 3.63) is 80.2 Å². The van der Waals surface area contributed by atoms with Crippen LogP contribution in [0.4, 0.5) is 5.69 Å². The van der Waals surface area contributed by atoms with Crippen LogP contribution >= 0.6 is 27.3 Å². The van der Waals surface area contributed by atoms with Crippen molar-refractivity contribution in [1.29, 1.82) is 0 Å². The summed E-state index contributed by atoms with van der Waals surface area (Å²) in [5.74, 6) is -0.210. The number of carbonyl (C=O) groups excluding carboxylic acids is 3. The van der Waals surface area contributed by atoms with Gasteiger partial charge in [0.2, 0.25) is 5.91 Å². The Morgan fingerprint density at radius 1 is 1.14 bits per heavy atom. The van der Waals surface area contributed by atoms with Crippen molar-refractivity contribution in [1.82, 2.24) is 15.2 Å². The number of aromatic nitrogens is 1. The molecule has 2 aromatic heterocycles. The number of hydrogen-bond acceptors (Lipinski definition) is 5. The maximum absolute atomic E-state index is 13.4. The van der Waals surface area contributed by atoms with Gasteiger partial charge < -0.3 is 15.1 Å². The Bertz CT molecular complexity index is 1280. The van der Waals surface area contributed by atoms with Gasteiger partial charge in [0.15, 0.2) is 0 Å². The molecule has 2 saturated heterocycles. The van der Waals surface area contributed by atoms with E-state index in [0.29, 0.717) is 17.0 Å². The molecule has 0 bridgehead atoms. The molecule has 1 N–H and O–H groups in total. The third-order valence-corrected chi connectivity index (χ3v) is 8.24. The van der Waals surface area contributed by atoms with Crippen molar-refractivity contribution in [2.24, 2.45) is 0 Å². The van der Waals surface area contributed by atoms with Crippen LogP contribution < -0.4 is 10.2 Å². The number of nitrogens with one attached hydrogen (secondary N) is 1. The van der Waals surface area contributed by atoms with Crippen LogP contribution in [0.15, 0.2) is 58.6 Å². The fraction of sp³-hybridized carbons (Fsp3) is 0.308. The number of aryl methyl sites for hydroxylation is 1. The molecule has 2 aliphatic rings. The number of nitrogens with zero attached hydrogens (tertiary/aromatic N) is 3. The number of halogens is 1. The Labute approximate surface area is 216 Å². The third kappa shape index (κ3) is 4.88. The molecule has 9 heteroatoms. The molecule has 3 amide bonds. The topological polar surface area (TPSA) is 82.6 Å². The average molecular weight is 553 g/mol. The molecule has 5 rings (SSSR count). The minimum absolute atomic E-state index is 0.00774. The first kappa shape index (κ1) is 23.7. The predicted octanol–water partition coefficient (Wildman–Crippen LogP) is 4.73. The molecule has 2 unspecified atom stereocenters. The van der Waals surface area contributed by atoms with E-state index >= 15 is 0 Å². The van der Waals surface area contributed by atoms with Gasteiger partial charge in [-0.05, 0) is 89.3 Å². The van der Waals surface area contributed by atoms with Crippen LogP contribution in [0.3, 0.4) is 0 Å². The highest BCUT2D eigenvalue weighted by Crippen LogP contribution is 2.34. The number of carbonyl (C=O) groups is 3. The van der Waals surface area contributed by atoms with Crippen molar-refractivity contribution >= 4 is 50.7 Å². The zero-order valence-corrected chi connectivity index (χ0v) is 21.6. The molecule has 3 aromatic rings. The highest BCUT2D eigenvalue weighted by Gasteiger charge is 2.34. The lowest BCUT2D eigenvalue weighted by Crippen LogP contribution is -2.36. The summed E-state index contributed by atoms with van der Waals surface area (Å²) < 4.78 is 0.887. The number of rotatable bonds is 5. The van der Waals surface area contributed by atoms with Crippen LogP contribution in [0, 0.1) is 6.92 Å². The van der Waals surface area contributed by atoms with Crippen molar-refractivity contribution in [2.75, 3.05) is 18.0 Å². The lowest BCUT2D eigenvalue weighted by atomic mass is 10.0. The summed E-state index contributed by atoms with van der Waals surface area (Å²) in [5, 5.41) is 2.96. The number of amides is 3. The summed E-state index contributed by atoms with van der Waals surface area (Å²) in [6, 6.07) is 12.9. The molecule has 2 atom stereocenters. The molecule has 35 heavy (non-hydrogen) atoms. The summed E-state index contributed by atoms with van der Waals surface area (Å²) in [4.78, 5) is 47.0. The number of pyridine rings is 1. The Morgan fingerprint density at radius 3 is 2.66 bits per heavy atom. The van der Waals surface area contributed by atoms with Gasteiger partial charge in [-0.1, -0.05) is 0 Å². The molecule has 7 nitrogen and oxygen atoms in total. The van der Waals surface area contributed by atoms with Crippen LogP contribution in [0.5, 0.6) is 0 Å². The van der Waals surface area contributed by atoms with Gasteiger partial charge in [-0.15, -0.1) is 11.3 Å². The predicted molar refractivity (Wildman–Crippen MR) is 139 cm³/mol. The van der Waals surface area contributed by atoms with E-state index in [0.717, 1.165) is 40.0 Å². The zero-order valence-electron chi connectivity index (χ0n) is 19.2. The fourth-order valence-electron chi connectivity index (χ4n) is 4.90. The quantitative estimate of drug-likeness (QED) is 0.496. The monoisotopic (exact) mass is 552 g/mol. The molecular weight excluding hydrogens is 528 g/mol. The van der Waals surface area contributed by atoms with E-state index in [9.17, 15) is 14.4 Å². The summed E-state index contributed by atoms with van der Waals surface area (Å²) >= 11 is 4.73. The second-order valence-electron chi connectivity index (χ2n) is 8.92. The lowest BCUT2D eigenvalue weighted by molar-refractivity contribution is -0.117. The van der Waals surface area contributed by atoms with Gasteiger partial charge in [-0.2, -0.15) is 0 Å². The van der Waals surface area contributed by atoms with Crippen molar-refractivity contribution in [2.45, 2.75) is 38.3 Å². The van der Waals surface area contributed by atoms with Gasteiger partial charge in [0.05, 0.1) is 20.7 Å². The van der Waals surface area contributed by atoms with Crippen LogP contribution in [-0.4, -0.2) is 46.7 Å². The van der Waals surface area contributed by atoms with Crippen LogP contribution in [0.25, 0.3) is 0 Å². The molecule has 180 valence electrons. The first-order chi connectivity index (χ1) is 16.9. The third-order valence-electron chi connectivity index (χ3n) is 6.61. The van der Waals surface area contributed by atoms with Gasteiger partial charge in [0.25, 0.3) is 11.8 Å². The molecule has 0 radical (unpaired) electrons. The average Bonchev–Trinajstić information content (AvgIpc) is 3.59. The Balaban J connectivity index is 1.28. The normalized spacial score (nSPS) is 19.9. The SMILES string of the molecule is Cc1cc(N2CC(NC(=O)c3ccc(Br)s3)CC2=O)ccc1C(=O)N1CCCC1c1ccncc1. The highest BCUT2D eigenvalue weighted by atomic mass is 79.9. The van der Waals surface area contributed by atoms with Crippen molar-refractivity contribution in [3.8, 4) is 0 Å². The molecule has 0 spiro atoms. The van der Waals surface area contributed by atoms with Gasteiger partial charge in [0.1, 0.15) is 0 Å². The number of hydrogen-bond donors (Lipinski definition) is 1. The lowest BCUT2D eigenvalue weighted by Gasteiger charge is -2.26. The highest BCUT2D eigenvalue weighted by molar-refractivity contribution is 9.11. The summed E-state index contributed by atoms with van der Waals surface area (Å²) in [5.41, 5.74) is 3.32. The summed E-state index contributed by atoms with van der Waals surface area (Å²) in [6.07, 6.45) is 5.68. The van der Waals surface area contributed by atoms with Gasteiger partial charge in [-0.25, -0.2) is 0 Å². The largest absolute Gasteiger partial charge is 0.346 e. The standard InChI is InChI=1S/C26H25BrN4O3S/c1-16-13-19(31-15-18(14-24(31)32)29-25(33)22-6-7-23(27)35-22)4-5-20(16)26(34)30-12-2-3-21(30)17-8-10-28-11-9-17/h4-11,13,18,21H,2-3,12,14-15H2,1H3,(H,29,33). The van der Waals surface area contributed by atoms with E-state index in [1.807, 2.05) is 48.2 Å². The van der Waals surface area contributed by atoms with Crippen molar-refractivity contribution < 1.29 is 14.4 Å². The number of anilines is 1. The molecule has 2 aliphatic heterocycles. The second kappa shape index (κ2) is 9.91. The van der Waals surface area contributed by atoms with E-state index < -0.39 is 0 Å². The van der Waals surface area contributed by atoms with E-state index in [1.54, 1.807) is 23.4 Å². The van der Waals surface area contributed by atoms with Crippen molar-refractivity contribution in [3.63, 3.8) is 0 Å². The smallest absolute Gasteiger partial charge is 0.261 e.